The van der Waals surface area contributed by atoms with Gasteiger partial charge in [-0.1, -0.05) is 12.1 Å². The Morgan fingerprint density at radius 2 is 2.08 bits per heavy atom. The van der Waals surface area contributed by atoms with Crippen molar-refractivity contribution in [2.75, 3.05) is 19.7 Å². The number of amides is 1. The Hall–Kier alpha value is -2.14. The van der Waals surface area contributed by atoms with Gasteiger partial charge in [-0.3, -0.25) is 9.48 Å². The molecule has 0 N–H and O–H groups in total. The van der Waals surface area contributed by atoms with Gasteiger partial charge in [0.2, 0.25) is 0 Å². The summed E-state index contributed by atoms with van der Waals surface area (Å²) in [6.45, 7) is 3.18. The third-order valence-electron chi connectivity index (χ3n) is 5.45. The van der Waals surface area contributed by atoms with E-state index in [9.17, 15) is 4.79 Å². The summed E-state index contributed by atoms with van der Waals surface area (Å²) in [6, 6.07) is 9.83. The summed E-state index contributed by atoms with van der Waals surface area (Å²) in [5.74, 6) is 0.136. The molecule has 4 rings (SSSR count). The lowest BCUT2D eigenvalue weighted by molar-refractivity contribution is -0.00691. The van der Waals surface area contributed by atoms with Crippen LogP contribution in [0, 0.1) is 0 Å². The fourth-order valence-electron chi connectivity index (χ4n) is 4.09. The van der Waals surface area contributed by atoms with E-state index in [0.29, 0.717) is 6.54 Å². The van der Waals surface area contributed by atoms with Crippen molar-refractivity contribution < 1.29 is 9.53 Å². The molecule has 132 valence electrons. The molecule has 25 heavy (non-hydrogen) atoms. The minimum absolute atomic E-state index is 0.0387. The van der Waals surface area contributed by atoms with Crippen LogP contribution in [0.15, 0.2) is 42.7 Å². The van der Waals surface area contributed by atoms with Crippen molar-refractivity contribution in [3.05, 3.63) is 53.9 Å². The highest BCUT2D eigenvalue weighted by atomic mass is 16.5. The van der Waals surface area contributed by atoms with Crippen LogP contribution in [0.5, 0.6) is 0 Å². The van der Waals surface area contributed by atoms with E-state index in [1.807, 2.05) is 46.1 Å². The Morgan fingerprint density at radius 3 is 2.88 bits per heavy atom. The summed E-state index contributed by atoms with van der Waals surface area (Å²) < 4.78 is 7.90. The lowest BCUT2D eigenvalue weighted by Crippen LogP contribution is -2.34. The van der Waals surface area contributed by atoms with Gasteiger partial charge in [0.1, 0.15) is 0 Å². The number of carbonyl (C=O) groups excluding carboxylic acids is 1. The van der Waals surface area contributed by atoms with E-state index >= 15 is 0 Å². The molecule has 0 bridgehead atoms. The maximum atomic E-state index is 13.0. The number of likely N-dealkylation sites (tertiary alicyclic amines) is 1. The maximum Gasteiger partial charge on any atom is 0.253 e. The summed E-state index contributed by atoms with van der Waals surface area (Å²) in [5, 5.41) is 4.24. The van der Waals surface area contributed by atoms with Gasteiger partial charge in [-0.2, -0.15) is 5.10 Å². The molecule has 2 aromatic rings. The molecule has 3 heterocycles. The fourth-order valence-corrected chi connectivity index (χ4v) is 4.09. The molecule has 0 unspecified atom stereocenters. The topological polar surface area (TPSA) is 47.4 Å². The second-order valence-electron chi connectivity index (χ2n) is 7.18. The standard InChI is InChI=1S/C20H25N3O2/c24-19(22-11-2-7-20(9-13-22)8-3-14-25-20)18-6-1-5-17(15-18)16-23-12-4-10-21-23/h1,4-6,10,12,15H,2-3,7-9,11,13-14,16H2/t20-/m0/s1. The first-order valence-corrected chi connectivity index (χ1v) is 9.24. The van der Waals surface area contributed by atoms with Crippen molar-refractivity contribution in [3.63, 3.8) is 0 Å². The summed E-state index contributed by atoms with van der Waals surface area (Å²) in [7, 11) is 0. The maximum absolute atomic E-state index is 13.0. The SMILES string of the molecule is O=C(c1cccc(Cn2cccn2)c1)N1CCC[C@]2(CCCO2)CC1. The number of benzene rings is 1. The van der Waals surface area contributed by atoms with Crippen LogP contribution in [0.1, 0.15) is 48.0 Å². The molecule has 0 radical (unpaired) electrons. The van der Waals surface area contributed by atoms with Gasteiger partial charge >= 0.3 is 0 Å². The quantitative estimate of drug-likeness (QED) is 0.863. The van der Waals surface area contributed by atoms with Crippen molar-refractivity contribution in [2.45, 2.75) is 44.2 Å². The van der Waals surface area contributed by atoms with Gasteiger partial charge < -0.3 is 9.64 Å². The third-order valence-corrected chi connectivity index (χ3v) is 5.45. The summed E-state index contributed by atoms with van der Waals surface area (Å²) in [4.78, 5) is 15.0. The Morgan fingerprint density at radius 1 is 1.16 bits per heavy atom. The van der Waals surface area contributed by atoms with Gasteiger partial charge in [0.05, 0.1) is 12.1 Å². The van der Waals surface area contributed by atoms with Gasteiger partial charge in [0, 0.05) is 37.7 Å². The van der Waals surface area contributed by atoms with Gasteiger partial charge in [-0.05, 0) is 55.9 Å². The van der Waals surface area contributed by atoms with Crippen LogP contribution >= 0.6 is 0 Å². The molecule has 2 aliphatic rings. The molecule has 1 amide bonds. The molecule has 2 saturated heterocycles. The lowest BCUT2D eigenvalue weighted by atomic mass is 9.92. The third kappa shape index (κ3) is 3.61. The van der Waals surface area contributed by atoms with Crippen molar-refractivity contribution in [1.82, 2.24) is 14.7 Å². The van der Waals surface area contributed by atoms with Crippen LogP contribution in [0.3, 0.4) is 0 Å². The van der Waals surface area contributed by atoms with Crippen molar-refractivity contribution in [3.8, 4) is 0 Å². The molecule has 1 atom stereocenters. The van der Waals surface area contributed by atoms with E-state index < -0.39 is 0 Å². The monoisotopic (exact) mass is 339 g/mol. The van der Waals surface area contributed by atoms with Crippen molar-refractivity contribution in [2.24, 2.45) is 0 Å². The molecule has 1 aromatic heterocycles. The highest BCUT2D eigenvalue weighted by molar-refractivity contribution is 5.94. The minimum atomic E-state index is 0.0387. The average Bonchev–Trinajstić information content (AvgIpc) is 3.25. The zero-order valence-electron chi connectivity index (χ0n) is 14.6. The lowest BCUT2D eigenvalue weighted by Gasteiger charge is -2.27. The van der Waals surface area contributed by atoms with Crippen LogP contribution in [0.2, 0.25) is 0 Å². The number of hydrogen-bond donors (Lipinski definition) is 0. The van der Waals surface area contributed by atoms with Crippen molar-refractivity contribution >= 4 is 5.91 Å². The number of aromatic nitrogens is 2. The molecule has 2 aliphatic heterocycles. The molecule has 0 aliphatic carbocycles. The zero-order chi connectivity index (χ0) is 17.1. The normalized spacial score (nSPS) is 23.8. The van der Waals surface area contributed by atoms with E-state index in [0.717, 1.165) is 62.9 Å². The largest absolute Gasteiger partial charge is 0.375 e. The van der Waals surface area contributed by atoms with Gasteiger partial charge in [0.25, 0.3) is 5.91 Å². The first-order valence-electron chi connectivity index (χ1n) is 9.24. The zero-order valence-corrected chi connectivity index (χ0v) is 14.6. The predicted octanol–water partition coefficient (Wildman–Crippen LogP) is 3.11. The van der Waals surface area contributed by atoms with Gasteiger partial charge in [-0.25, -0.2) is 0 Å². The highest BCUT2D eigenvalue weighted by Gasteiger charge is 2.37. The van der Waals surface area contributed by atoms with Crippen molar-refractivity contribution in [1.29, 1.82) is 0 Å². The summed E-state index contributed by atoms with van der Waals surface area (Å²) >= 11 is 0. The van der Waals surface area contributed by atoms with E-state index in [-0.39, 0.29) is 11.5 Å². The van der Waals surface area contributed by atoms with Gasteiger partial charge in [-0.15, -0.1) is 0 Å². The molecule has 1 spiro atoms. The average molecular weight is 339 g/mol. The Bertz CT molecular complexity index is 720. The Labute approximate surface area is 148 Å². The number of rotatable bonds is 3. The van der Waals surface area contributed by atoms with E-state index in [1.54, 1.807) is 6.20 Å². The molecule has 5 heteroatoms. The smallest absolute Gasteiger partial charge is 0.253 e. The van der Waals surface area contributed by atoms with Crippen LogP contribution < -0.4 is 0 Å². The molecule has 1 aromatic carbocycles. The van der Waals surface area contributed by atoms with Crippen LogP contribution in [0.4, 0.5) is 0 Å². The van der Waals surface area contributed by atoms with Gasteiger partial charge in [0.15, 0.2) is 0 Å². The van der Waals surface area contributed by atoms with Crippen LogP contribution in [0.25, 0.3) is 0 Å². The number of nitrogens with zero attached hydrogens (tertiary/aromatic N) is 3. The fraction of sp³-hybridized carbons (Fsp3) is 0.500. The molecule has 2 fully saturated rings. The predicted molar refractivity (Wildman–Crippen MR) is 95.4 cm³/mol. The molecular weight excluding hydrogens is 314 g/mol. The van der Waals surface area contributed by atoms with Crippen LogP contribution in [-0.2, 0) is 11.3 Å². The number of hydrogen-bond acceptors (Lipinski definition) is 3. The first kappa shape index (κ1) is 16.3. The molecule has 5 nitrogen and oxygen atoms in total. The van der Waals surface area contributed by atoms with E-state index in [2.05, 4.69) is 5.10 Å². The minimum Gasteiger partial charge on any atom is -0.375 e. The Balaban J connectivity index is 1.45. The number of ether oxygens (including phenoxy) is 1. The first-order chi connectivity index (χ1) is 12.2. The number of carbonyl (C=O) groups is 1. The second-order valence-corrected chi connectivity index (χ2v) is 7.18. The van der Waals surface area contributed by atoms with E-state index in [1.165, 1.54) is 0 Å². The van der Waals surface area contributed by atoms with E-state index in [4.69, 9.17) is 4.74 Å². The summed E-state index contributed by atoms with van der Waals surface area (Å²) in [5.41, 5.74) is 1.91. The Kier molecular flexibility index (Phi) is 4.57. The summed E-state index contributed by atoms with van der Waals surface area (Å²) in [6.07, 6.45) is 9.08. The van der Waals surface area contributed by atoms with Crippen LogP contribution in [-0.4, -0.2) is 45.9 Å². The molecular formula is C20H25N3O2. The highest BCUT2D eigenvalue weighted by Crippen LogP contribution is 2.35. The second kappa shape index (κ2) is 7.00. The molecule has 0 saturated carbocycles.